The third kappa shape index (κ3) is 1.91. The fourth-order valence-corrected chi connectivity index (χ4v) is 4.75. The molecule has 0 saturated heterocycles. The minimum absolute atomic E-state index is 0.296. The van der Waals surface area contributed by atoms with Crippen molar-refractivity contribution in [3.63, 3.8) is 0 Å². The molecule has 3 rings (SSSR count). The molecule has 2 nitrogen and oxygen atoms in total. The van der Waals surface area contributed by atoms with Gasteiger partial charge in [-0.15, -0.1) is 0 Å². The maximum atomic E-state index is 8.92. The van der Waals surface area contributed by atoms with Gasteiger partial charge in [-0.25, -0.2) is 0 Å². The summed E-state index contributed by atoms with van der Waals surface area (Å²) in [6.07, 6.45) is 3.96. The van der Waals surface area contributed by atoms with Crippen molar-refractivity contribution in [3.8, 4) is 6.07 Å². The molecule has 2 aliphatic rings. The average Bonchev–Trinajstić information content (AvgIpc) is 2.87. The number of halogens is 1. The van der Waals surface area contributed by atoms with Crippen molar-refractivity contribution in [3.05, 3.63) is 28.8 Å². The van der Waals surface area contributed by atoms with Gasteiger partial charge in [-0.1, -0.05) is 32.4 Å². The van der Waals surface area contributed by atoms with E-state index in [1.54, 1.807) is 6.07 Å². The third-order valence-corrected chi connectivity index (χ3v) is 5.98. The van der Waals surface area contributed by atoms with Crippen molar-refractivity contribution >= 4 is 17.3 Å². The quantitative estimate of drug-likeness (QED) is 0.845. The summed E-state index contributed by atoms with van der Waals surface area (Å²) in [5.41, 5.74) is 2.23. The van der Waals surface area contributed by atoms with Crippen LogP contribution in [0.15, 0.2) is 18.2 Å². The number of rotatable bonds is 2. The molecule has 1 aromatic rings. The molecule has 20 heavy (non-hydrogen) atoms. The van der Waals surface area contributed by atoms with Gasteiger partial charge in [-0.05, 0) is 54.2 Å². The molecule has 0 radical (unpaired) electrons. The fraction of sp³-hybridized carbons (Fsp3) is 0.588. The molecule has 1 N–H and O–H groups in total. The Morgan fingerprint density at radius 3 is 2.65 bits per heavy atom. The molecule has 3 heteroatoms. The van der Waals surface area contributed by atoms with E-state index < -0.39 is 0 Å². The molecule has 2 bridgehead atoms. The van der Waals surface area contributed by atoms with Crippen molar-refractivity contribution in [2.24, 2.45) is 16.7 Å². The van der Waals surface area contributed by atoms with Gasteiger partial charge in [0.2, 0.25) is 0 Å². The van der Waals surface area contributed by atoms with Crippen molar-refractivity contribution in [2.75, 3.05) is 5.32 Å². The molecule has 2 saturated carbocycles. The van der Waals surface area contributed by atoms with E-state index >= 15 is 0 Å². The van der Waals surface area contributed by atoms with Gasteiger partial charge >= 0.3 is 0 Å². The van der Waals surface area contributed by atoms with Gasteiger partial charge in [0.25, 0.3) is 0 Å². The van der Waals surface area contributed by atoms with E-state index in [0.29, 0.717) is 27.5 Å². The molecule has 3 unspecified atom stereocenters. The second kappa shape index (κ2) is 4.40. The number of fused-ring (bicyclic) bond motifs is 2. The summed E-state index contributed by atoms with van der Waals surface area (Å²) in [6, 6.07) is 8.08. The number of nitrogens with one attached hydrogen (secondary N) is 1. The number of hydrogen-bond donors (Lipinski definition) is 1. The molecule has 2 fully saturated rings. The van der Waals surface area contributed by atoms with Crippen LogP contribution in [0.2, 0.25) is 5.02 Å². The normalized spacial score (nSPS) is 34.0. The zero-order chi connectivity index (χ0) is 14.5. The maximum Gasteiger partial charge on any atom is 0.0992 e. The SMILES string of the molecule is CC12CCC(C1)C(C)(C)C2Nc1ccc(C#N)cc1Cl. The predicted octanol–water partition coefficient (Wildman–Crippen LogP) is 4.84. The Bertz CT molecular complexity index is 582. The van der Waals surface area contributed by atoms with Crippen LogP contribution < -0.4 is 5.32 Å². The van der Waals surface area contributed by atoms with E-state index in [1.807, 2.05) is 12.1 Å². The summed E-state index contributed by atoms with van der Waals surface area (Å²) >= 11 is 6.31. The van der Waals surface area contributed by atoms with Crippen LogP contribution in [0.3, 0.4) is 0 Å². The van der Waals surface area contributed by atoms with Gasteiger partial charge in [0.15, 0.2) is 0 Å². The molecule has 0 spiro atoms. The molecule has 106 valence electrons. The summed E-state index contributed by atoms with van der Waals surface area (Å²) in [5.74, 6) is 0.808. The summed E-state index contributed by atoms with van der Waals surface area (Å²) in [6.45, 7) is 7.14. The van der Waals surface area contributed by atoms with Crippen molar-refractivity contribution < 1.29 is 0 Å². The second-order valence-electron chi connectivity index (χ2n) is 7.30. The minimum Gasteiger partial charge on any atom is -0.380 e. The fourth-order valence-electron chi connectivity index (χ4n) is 4.52. The Morgan fingerprint density at radius 2 is 2.10 bits per heavy atom. The summed E-state index contributed by atoms with van der Waals surface area (Å²) in [4.78, 5) is 0. The summed E-state index contributed by atoms with van der Waals surface area (Å²) < 4.78 is 0. The topological polar surface area (TPSA) is 35.8 Å². The number of hydrogen-bond acceptors (Lipinski definition) is 2. The van der Waals surface area contributed by atoms with Crippen molar-refractivity contribution in [1.29, 1.82) is 5.26 Å². The lowest BCUT2D eigenvalue weighted by Gasteiger charge is -2.43. The highest BCUT2D eigenvalue weighted by Crippen LogP contribution is 2.63. The molecule has 0 heterocycles. The molecule has 0 aliphatic heterocycles. The molecular weight excluding hydrogens is 268 g/mol. The smallest absolute Gasteiger partial charge is 0.0992 e. The van der Waals surface area contributed by atoms with Crippen LogP contribution in [0.5, 0.6) is 0 Å². The van der Waals surface area contributed by atoms with Crippen LogP contribution in [-0.2, 0) is 0 Å². The maximum absolute atomic E-state index is 8.92. The standard InChI is InChI=1S/C17H21ClN2/c1-16(2)12-6-7-17(3,9-12)15(16)20-14-5-4-11(10-19)8-13(14)18/h4-5,8,12,15,20H,6-7,9H2,1-3H3. The minimum atomic E-state index is 0.296. The Balaban J connectivity index is 1.90. The molecule has 0 aromatic heterocycles. The predicted molar refractivity (Wildman–Crippen MR) is 82.8 cm³/mol. The van der Waals surface area contributed by atoms with Crippen molar-refractivity contribution in [2.45, 2.75) is 46.1 Å². The highest BCUT2D eigenvalue weighted by molar-refractivity contribution is 6.33. The van der Waals surface area contributed by atoms with Gasteiger partial charge < -0.3 is 5.32 Å². The first-order valence-electron chi connectivity index (χ1n) is 7.33. The molecule has 1 aromatic carbocycles. The van der Waals surface area contributed by atoms with Crippen LogP contribution in [-0.4, -0.2) is 6.04 Å². The van der Waals surface area contributed by atoms with E-state index in [9.17, 15) is 0 Å². The lowest BCUT2D eigenvalue weighted by molar-refractivity contribution is 0.155. The van der Waals surface area contributed by atoms with Crippen molar-refractivity contribution in [1.82, 2.24) is 0 Å². The Kier molecular flexibility index (Phi) is 3.03. The van der Waals surface area contributed by atoms with Crippen LogP contribution in [0, 0.1) is 28.1 Å². The third-order valence-electron chi connectivity index (χ3n) is 5.67. The van der Waals surface area contributed by atoms with E-state index in [0.717, 1.165) is 11.6 Å². The number of nitriles is 1. The number of anilines is 1. The molecule has 2 aliphatic carbocycles. The van der Waals surface area contributed by atoms with Gasteiger partial charge in [0, 0.05) is 6.04 Å². The first-order chi connectivity index (χ1) is 9.37. The van der Waals surface area contributed by atoms with Crippen LogP contribution in [0.1, 0.15) is 45.6 Å². The van der Waals surface area contributed by atoms with Gasteiger partial charge in [-0.2, -0.15) is 5.26 Å². The molecule has 0 amide bonds. The monoisotopic (exact) mass is 288 g/mol. The number of benzene rings is 1. The Morgan fingerprint density at radius 1 is 1.35 bits per heavy atom. The highest BCUT2D eigenvalue weighted by Gasteiger charge is 2.59. The summed E-state index contributed by atoms with van der Waals surface area (Å²) in [5, 5.41) is 13.2. The van der Waals surface area contributed by atoms with E-state index in [-0.39, 0.29) is 0 Å². The molecular formula is C17H21ClN2. The lowest BCUT2D eigenvalue weighted by atomic mass is 9.68. The van der Waals surface area contributed by atoms with Crippen LogP contribution in [0.25, 0.3) is 0 Å². The van der Waals surface area contributed by atoms with E-state index in [1.165, 1.54) is 19.3 Å². The van der Waals surface area contributed by atoms with Gasteiger partial charge in [0.1, 0.15) is 0 Å². The molecule has 3 atom stereocenters. The van der Waals surface area contributed by atoms with E-state index in [2.05, 4.69) is 32.2 Å². The zero-order valence-corrected chi connectivity index (χ0v) is 13.1. The van der Waals surface area contributed by atoms with Gasteiger partial charge in [0.05, 0.1) is 22.3 Å². The summed E-state index contributed by atoms with van der Waals surface area (Å²) in [7, 11) is 0. The van der Waals surface area contributed by atoms with Crippen LogP contribution in [0.4, 0.5) is 5.69 Å². The zero-order valence-electron chi connectivity index (χ0n) is 12.3. The lowest BCUT2D eigenvalue weighted by Crippen LogP contribution is -2.45. The highest BCUT2D eigenvalue weighted by atomic mass is 35.5. The second-order valence-corrected chi connectivity index (χ2v) is 7.71. The largest absolute Gasteiger partial charge is 0.380 e. The Hall–Kier alpha value is -1.20. The van der Waals surface area contributed by atoms with Gasteiger partial charge in [-0.3, -0.25) is 0 Å². The van der Waals surface area contributed by atoms with E-state index in [4.69, 9.17) is 16.9 Å². The van der Waals surface area contributed by atoms with Crippen LogP contribution >= 0.6 is 11.6 Å². The average molecular weight is 289 g/mol. The Labute approximate surface area is 126 Å². The first kappa shape index (κ1) is 13.8. The first-order valence-corrected chi connectivity index (χ1v) is 7.71. The number of nitrogens with zero attached hydrogens (tertiary/aromatic N) is 1.